The van der Waals surface area contributed by atoms with Crippen LogP contribution in [0.25, 0.3) is 0 Å². The minimum absolute atomic E-state index is 0.00304. The lowest BCUT2D eigenvalue weighted by Crippen LogP contribution is -2.24. The summed E-state index contributed by atoms with van der Waals surface area (Å²) in [5.41, 5.74) is 1.36. The third-order valence-corrected chi connectivity index (χ3v) is 5.03. The minimum Gasteiger partial charge on any atom is -0.390 e. The molecule has 0 saturated carbocycles. The van der Waals surface area contributed by atoms with Crippen molar-refractivity contribution in [2.24, 2.45) is 0 Å². The molecule has 0 radical (unpaired) electrons. The molecule has 0 amide bonds. The summed E-state index contributed by atoms with van der Waals surface area (Å²) in [6.45, 7) is 3.13. The third kappa shape index (κ3) is 3.00. The summed E-state index contributed by atoms with van der Waals surface area (Å²) in [6.07, 6.45) is 0. The fraction of sp³-hybridized carbons (Fsp3) is 0.400. The Morgan fingerprint density at radius 2 is 2.21 bits per heavy atom. The maximum atomic E-state index is 12.2. The first-order valence-corrected chi connectivity index (χ1v) is 7.85. The molecule has 9 heteroatoms. The number of rotatable bonds is 5. The molecule has 3 N–H and O–H groups in total. The van der Waals surface area contributed by atoms with E-state index in [4.69, 9.17) is 5.11 Å². The van der Waals surface area contributed by atoms with Gasteiger partial charge in [-0.1, -0.05) is 0 Å². The van der Waals surface area contributed by atoms with Crippen LogP contribution in [-0.2, 0) is 23.2 Å². The van der Waals surface area contributed by atoms with Gasteiger partial charge in [-0.2, -0.15) is 5.10 Å². The van der Waals surface area contributed by atoms with Gasteiger partial charge in [0.1, 0.15) is 15.6 Å². The molecule has 2 rings (SSSR count). The van der Waals surface area contributed by atoms with E-state index >= 15 is 0 Å². The molecule has 2 aromatic heterocycles. The van der Waals surface area contributed by atoms with Crippen LogP contribution in [0.2, 0.25) is 0 Å². The molecule has 0 aliphatic carbocycles. The van der Waals surface area contributed by atoms with E-state index in [1.54, 1.807) is 6.92 Å². The van der Waals surface area contributed by atoms with Gasteiger partial charge in [0.15, 0.2) is 0 Å². The van der Waals surface area contributed by atoms with Crippen LogP contribution in [0.1, 0.15) is 22.1 Å². The minimum atomic E-state index is -3.72. The molecule has 0 aliphatic heterocycles. The van der Waals surface area contributed by atoms with Gasteiger partial charge >= 0.3 is 0 Å². The maximum absolute atomic E-state index is 12.2. The molecule has 0 aliphatic rings. The molecule has 0 spiro atoms. The van der Waals surface area contributed by atoms with Gasteiger partial charge in [-0.25, -0.2) is 18.1 Å². The highest BCUT2D eigenvalue weighted by Crippen LogP contribution is 2.18. The molecule has 2 aromatic rings. The highest BCUT2D eigenvalue weighted by Gasteiger charge is 2.23. The average molecular weight is 302 g/mol. The van der Waals surface area contributed by atoms with Crippen LogP contribution in [0.4, 0.5) is 0 Å². The fourth-order valence-corrected chi connectivity index (χ4v) is 3.79. The number of aliphatic hydroxyl groups is 1. The first kappa shape index (κ1) is 14.1. The van der Waals surface area contributed by atoms with Gasteiger partial charge < -0.3 is 5.11 Å². The maximum Gasteiger partial charge on any atom is 0.244 e. The van der Waals surface area contributed by atoms with Crippen molar-refractivity contribution < 1.29 is 13.5 Å². The van der Waals surface area contributed by atoms with E-state index in [2.05, 4.69) is 19.9 Å². The number of nitrogens with one attached hydrogen (secondary N) is 2. The van der Waals surface area contributed by atoms with Gasteiger partial charge in [-0.05, 0) is 13.8 Å². The van der Waals surface area contributed by atoms with E-state index in [0.717, 1.165) is 5.69 Å². The molecule has 0 fully saturated rings. The Bertz CT molecular complexity index is 675. The molecule has 0 unspecified atom stereocenters. The van der Waals surface area contributed by atoms with Crippen molar-refractivity contribution in [3.8, 4) is 0 Å². The zero-order valence-corrected chi connectivity index (χ0v) is 12.1. The van der Waals surface area contributed by atoms with Crippen molar-refractivity contribution in [1.82, 2.24) is 19.9 Å². The lowest BCUT2D eigenvalue weighted by atomic mass is 10.4. The molecule has 0 bridgehead atoms. The van der Waals surface area contributed by atoms with Crippen molar-refractivity contribution in [2.45, 2.75) is 31.9 Å². The van der Waals surface area contributed by atoms with Crippen LogP contribution in [0.5, 0.6) is 0 Å². The highest BCUT2D eigenvalue weighted by atomic mass is 32.2. The number of H-pyrrole nitrogens is 1. The Morgan fingerprint density at radius 3 is 2.79 bits per heavy atom. The van der Waals surface area contributed by atoms with Crippen LogP contribution < -0.4 is 4.72 Å². The summed E-state index contributed by atoms with van der Waals surface area (Å²) in [5, 5.41) is 17.9. The highest BCUT2D eigenvalue weighted by molar-refractivity contribution is 7.89. The Balaban J connectivity index is 2.20. The van der Waals surface area contributed by atoms with Crippen LogP contribution in [0.15, 0.2) is 10.3 Å². The Kier molecular flexibility index (Phi) is 3.99. The van der Waals surface area contributed by atoms with E-state index in [1.807, 2.05) is 12.3 Å². The standard InChI is InChI=1S/C10H14N4O3S2/c1-6-5-18-9(12-6)3-11-19(16,17)10-7(2)13-14-8(10)4-15/h5,11,15H,3-4H2,1-2H3,(H,13,14). The first-order chi connectivity index (χ1) is 8.94. The zero-order valence-electron chi connectivity index (χ0n) is 10.5. The summed E-state index contributed by atoms with van der Waals surface area (Å²) >= 11 is 1.39. The lowest BCUT2D eigenvalue weighted by molar-refractivity contribution is 0.273. The van der Waals surface area contributed by atoms with Crippen molar-refractivity contribution in [3.05, 3.63) is 27.5 Å². The quantitative estimate of drug-likeness (QED) is 0.743. The molecular formula is C10H14N4O3S2. The van der Waals surface area contributed by atoms with Crippen molar-refractivity contribution in [3.63, 3.8) is 0 Å². The number of thiazole rings is 1. The number of aromatic amines is 1. The van der Waals surface area contributed by atoms with E-state index in [1.165, 1.54) is 11.3 Å². The van der Waals surface area contributed by atoms with Crippen LogP contribution in [0, 0.1) is 13.8 Å². The van der Waals surface area contributed by atoms with E-state index < -0.39 is 16.6 Å². The van der Waals surface area contributed by atoms with Gasteiger partial charge in [0.2, 0.25) is 10.0 Å². The molecule has 19 heavy (non-hydrogen) atoms. The Morgan fingerprint density at radius 1 is 1.47 bits per heavy atom. The summed E-state index contributed by atoms with van der Waals surface area (Å²) in [4.78, 5) is 4.18. The van der Waals surface area contributed by atoms with Crippen LogP contribution in [-0.4, -0.2) is 28.7 Å². The number of aryl methyl sites for hydroxylation is 2. The van der Waals surface area contributed by atoms with E-state index in [9.17, 15) is 8.42 Å². The average Bonchev–Trinajstić information content (AvgIpc) is 2.93. The van der Waals surface area contributed by atoms with Gasteiger partial charge in [-0.15, -0.1) is 11.3 Å². The molecular weight excluding hydrogens is 288 g/mol. The monoisotopic (exact) mass is 302 g/mol. The summed E-state index contributed by atoms with van der Waals surface area (Å²) in [5.74, 6) is 0. The second kappa shape index (κ2) is 5.37. The number of nitrogens with zero attached hydrogens (tertiary/aromatic N) is 2. The molecule has 0 atom stereocenters. The number of sulfonamides is 1. The van der Waals surface area contributed by atoms with Gasteiger partial charge in [-0.3, -0.25) is 5.10 Å². The number of aliphatic hydroxyl groups excluding tert-OH is 1. The summed E-state index contributed by atoms with van der Waals surface area (Å²) in [7, 11) is -3.72. The summed E-state index contributed by atoms with van der Waals surface area (Å²) < 4.78 is 26.8. The third-order valence-electron chi connectivity index (χ3n) is 2.46. The fourth-order valence-electron chi connectivity index (χ4n) is 1.65. The second-order valence-corrected chi connectivity index (χ2v) is 6.64. The van der Waals surface area contributed by atoms with Gasteiger partial charge in [0.05, 0.1) is 18.8 Å². The second-order valence-electron chi connectivity index (χ2n) is 3.99. The number of hydrogen-bond donors (Lipinski definition) is 3. The van der Waals surface area contributed by atoms with Crippen molar-refractivity contribution >= 4 is 21.4 Å². The van der Waals surface area contributed by atoms with Gasteiger partial charge in [0, 0.05) is 11.1 Å². The molecule has 104 valence electrons. The predicted octanol–water partition coefficient (Wildman–Crippen LogP) is 0.454. The number of aromatic nitrogens is 3. The van der Waals surface area contributed by atoms with Crippen molar-refractivity contribution in [2.75, 3.05) is 0 Å². The predicted molar refractivity (Wildman–Crippen MR) is 70.1 cm³/mol. The topological polar surface area (TPSA) is 108 Å². The van der Waals surface area contributed by atoms with Crippen molar-refractivity contribution in [1.29, 1.82) is 0 Å². The normalized spacial score (nSPS) is 11.9. The zero-order chi connectivity index (χ0) is 14.0. The Labute approximate surface area is 114 Å². The lowest BCUT2D eigenvalue weighted by Gasteiger charge is -2.05. The van der Waals surface area contributed by atoms with Gasteiger partial charge in [0.25, 0.3) is 0 Å². The van der Waals surface area contributed by atoms with Crippen LogP contribution in [0.3, 0.4) is 0 Å². The molecule has 2 heterocycles. The van der Waals surface area contributed by atoms with Crippen LogP contribution >= 0.6 is 11.3 Å². The first-order valence-electron chi connectivity index (χ1n) is 5.49. The Hall–Kier alpha value is -1.29. The molecule has 0 saturated heterocycles. The summed E-state index contributed by atoms with van der Waals surface area (Å²) in [6, 6.07) is 0. The smallest absolute Gasteiger partial charge is 0.244 e. The molecule has 0 aromatic carbocycles. The SMILES string of the molecule is Cc1csc(CNS(=O)(=O)c2c(CO)n[nH]c2C)n1. The van der Waals surface area contributed by atoms with E-state index in [-0.39, 0.29) is 17.1 Å². The van der Waals surface area contributed by atoms with E-state index in [0.29, 0.717) is 10.7 Å². The molecule has 7 nitrogen and oxygen atoms in total. The largest absolute Gasteiger partial charge is 0.390 e. The number of hydrogen-bond acceptors (Lipinski definition) is 6.